The first-order valence-corrected chi connectivity index (χ1v) is 6.75. The Morgan fingerprint density at radius 1 is 1.17 bits per heavy atom. The van der Waals surface area contributed by atoms with E-state index < -0.39 is 5.97 Å². The van der Waals surface area contributed by atoms with Crippen molar-refractivity contribution >= 4 is 34.3 Å². The molecular formula is C17H12N2O4. The summed E-state index contributed by atoms with van der Waals surface area (Å²) in [6.45, 7) is 3.36. The van der Waals surface area contributed by atoms with Crippen molar-refractivity contribution in [3.05, 3.63) is 66.2 Å². The highest BCUT2D eigenvalue weighted by Crippen LogP contribution is 2.20. The van der Waals surface area contributed by atoms with Crippen molar-refractivity contribution in [1.82, 2.24) is 5.43 Å². The van der Waals surface area contributed by atoms with Gasteiger partial charge in [0.2, 0.25) is 6.41 Å². The molecule has 0 fully saturated rings. The molecule has 1 N–H and O–H groups in total. The summed E-state index contributed by atoms with van der Waals surface area (Å²) in [5, 5.41) is 5.87. The van der Waals surface area contributed by atoms with Crippen LogP contribution in [0, 0.1) is 0 Å². The maximum atomic E-state index is 11.9. The van der Waals surface area contributed by atoms with Gasteiger partial charge in [-0.25, -0.2) is 10.2 Å². The lowest BCUT2D eigenvalue weighted by Crippen LogP contribution is -2.13. The number of carbonyl (C=O) groups is 2. The molecule has 6 nitrogen and oxygen atoms in total. The van der Waals surface area contributed by atoms with E-state index in [1.165, 1.54) is 0 Å². The van der Waals surface area contributed by atoms with Crippen LogP contribution in [0.1, 0.15) is 10.4 Å². The van der Waals surface area contributed by atoms with E-state index in [-0.39, 0.29) is 0 Å². The lowest BCUT2D eigenvalue weighted by Gasteiger charge is -2.05. The van der Waals surface area contributed by atoms with Gasteiger partial charge in [-0.3, -0.25) is 4.79 Å². The topological polar surface area (TPSA) is 80.9 Å². The molecule has 1 heterocycles. The van der Waals surface area contributed by atoms with Crippen LogP contribution in [-0.4, -0.2) is 12.4 Å². The zero-order valence-corrected chi connectivity index (χ0v) is 12.0. The first-order chi connectivity index (χ1) is 11.2. The third kappa shape index (κ3) is 2.69. The van der Waals surface area contributed by atoms with Gasteiger partial charge in [-0.2, -0.15) is 5.10 Å². The molecular weight excluding hydrogens is 296 g/mol. The third-order valence-electron chi connectivity index (χ3n) is 3.25. The minimum absolute atomic E-state index is 0.324. The Hall–Kier alpha value is -3.41. The first-order valence-electron chi connectivity index (χ1n) is 6.75. The van der Waals surface area contributed by atoms with Crippen LogP contribution in [0.2, 0.25) is 0 Å². The molecule has 0 saturated heterocycles. The molecule has 0 aliphatic carbocycles. The fraction of sp³-hybridized carbons (Fsp3) is 0. The van der Waals surface area contributed by atoms with Crippen LogP contribution < -0.4 is 10.8 Å². The van der Waals surface area contributed by atoms with Crippen molar-refractivity contribution in [2.45, 2.75) is 0 Å². The van der Waals surface area contributed by atoms with Crippen molar-refractivity contribution in [3.8, 4) is 0 Å². The number of esters is 1. The summed E-state index contributed by atoms with van der Waals surface area (Å²) in [5.74, 6) is -0.538. The summed E-state index contributed by atoms with van der Waals surface area (Å²) in [4.78, 5) is 22.4. The molecule has 114 valence electrons. The monoisotopic (exact) mass is 308 g/mol. The van der Waals surface area contributed by atoms with E-state index in [0.717, 1.165) is 6.26 Å². The number of nitrogens with zero attached hydrogens (tertiary/aromatic N) is 1. The second kappa shape index (κ2) is 6.15. The van der Waals surface area contributed by atoms with Crippen LogP contribution in [0.25, 0.3) is 21.9 Å². The summed E-state index contributed by atoms with van der Waals surface area (Å²) < 4.78 is 10.6. The Balaban J connectivity index is 2.36. The van der Waals surface area contributed by atoms with Crippen LogP contribution in [-0.2, 0) is 9.53 Å². The minimum atomic E-state index is -0.538. The first kappa shape index (κ1) is 14.5. The molecule has 23 heavy (non-hydrogen) atoms. The largest absolute Gasteiger partial charge is 0.456 e. The van der Waals surface area contributed by atoms with Crippen molar-refractivity contribution in [2.24, 2.45) is 5.10 Å². The molecule has 0 aliphatic heterocycles. The lowest BCUT2D eigenvalue weighted by atomic mass is 10.1. The van der Waals surface area contributed by atoms with Gasteiger partial charge in [0.15, 0.2) is 0 Å². The van der Waals surface area contributed by atoms with Gasteiger partial charge in [0.05, 0.1) is 11.8 Å². The van der Waals surface area contributed by atoms with E-state index in [4.69, 9.17) is 9.15 Å². The van der Waals surface area contributed by atoms with Crippen molar-refractivity contribution in [2.75, 3.05) is 0 Å². The van der Waals surface area contributed by atoms with Gasteiger partial charge in [0.1, 0.15) is 16.5 Å². The molecule has 6 heteroatoms. The SMILES string of the molecule is C=COC(=O)c1ccc2oc3ccccc3/c(=N\NC=O)c2c1. The van der Waals surface area contributed by atoms with Gasteiger partial charge < -0.3 is 9.15 Å². The van der Waals surface area contributed by atoms with E-state index in [1.54, 1.807) is 24.3 Å². The molecule has 3 aromatic rings. The van der Waals surface area contributed by atoms with E-state index in [1.807, 2.05) is 18.2 Å². The molecule has 0 saturated carbocycles. The number of carbonyl (C=O) groups excluding carboxylic acids is 2. The molecule has 2 aromatic carbocycles. The predicted octanol–water partition coefficient (Wildman–Crippen LogP) is 2.45. The van der Waals surface area contributed by atoms with Gasteiger partial charge in [-0.15, -0.1) is 0 Å². The number of amides is 1. The summed E-state index contributed by atoms with van der Waals surface area (Å²) in [6, 6.07) is 12.1. The van der Waals surface area contributed by atoms with Gasteiger partial charge in [-0.1, -0.05) is 18.7 Å². The van der Waals surface area contributed by atoms with Crippen molar-refractivity contribution in [1.29, 1.82) is 0 Å². The van der Waals surface area contributed by atoms with Crippen LogP contribution >= 0.6 is 0 Å². The van der Waals surface area contributed by atoms with E-state index in [9.17, 15) is 9.59 Å². The molecule has 1 aromatic heterocycles. The number of rotatable bonds is 4. The van der Waals surface area contributed by atoms with Gasteiger partial charge in [0.25, 0.3) is 0 Å². The number of fused-ring (bicyclic) bond motifs is 2. The number of nitrogens with one attached hydrogen (secondary N) is 1. The smallest absolute Gasteiger partial charge is 0.342 e. The molecule has 1 amide bonds. The molecule has 0 radical (unpaired) electrons. The average Bonchev–Trinajstić information content (AvgIpc) is 2.58. The Bertz CT molecular complexity index is 989. The second-order valence-electron chi connectivity index (χ2n) is 4.59. The molecule has 0 aliphatic rings. The predicted molar refractivity (Wildman–Crippen MR) is 84.1 cm³/mol. The standard InChI is InChI=1S/C17H12N2O4/c1-2-22-17(21)11-7-8-15-13(9-11)16(19-18-10-20)12-5-3-4-6-14(12)23-15/h2-10H,1H2,(H,18,20)/b19-16+. The van der Waals surface area contributed by atoms with Crippen molar-refractivity contribution in [3.63, 3.8) is 0 Å². The van der Waals surface area contributed by atoms with Crippen LogP contribution in [0.15, 0.2) is 64.8 Å². The quantitative estimate of drug-likeness (QED) is 0.264. The lowest BCUT2D eigenvalue weighted by molar-refractivity contribution is -0.109. The number of ether oxygens (including phenoxy) is 1. The highest BCUT2D eigenvalue weighted by atomic mass is 16.5. The average molecular weight is 308 g/mol. The van der Waals surface area contributed by atoms with Crippen LogP contribution in [0.5, 0.6) is 0 Å². The molecule has 0 bridgehead atoms. The fourth-order valence-electron chi connectivity index (χ4n) is 2.30. The minimum Gasteiger partial charge on any atom is -0.456 e. The summed E-state index contributed by atoms with van der Waals surface area (Å²) in [6.07, 6.45) is 1.54. The molecule has 0 unspecified atom stereocenters. The highest BCUT2D eigenvalue weighted by molar-refractivity contribution is 5.96. The summed E-state index contributed by atoms with van der Waals surface area (Å²) >= 11 is 0. The number of para-hydroxylation sites is 1. The van der Waals surface area contributed by atoms with E-state index in [2.05, 4.69) is 17.1 Å². The molecule has 0 atom stereocenters. The fourth-order valence-corrected chi connectivity index (χ4v) is 2.30. The van der Waals surface area contributed by atoms with Crippen LogP contribution in [0.4, 0.5) is 0 Å². The van der Waals surface area contributed by atoms with E-state index >= 15 is 0 Å². The highest BCUT2D eigenvalue weighted by Gasteiger charge is 2.11. The van der Waals surface area contributed by atoms with Gasteiger partial charge in [-0.05, 0) is 30.3 Å². The van der Waals surface area contributed by atoms with Gasteiger partial charge >= 0.3 is 5.97 Å². The summed E-state index contributed by atoms with van der Waals surface area (Å²) in [5.41, 5.74) is 3.77. The zero-order chi connectivity index (χ0) is 16.2. The third-order valence-corrected chi connectivity index (χ3v) is 3.25. The van der Waals surface area contributed by atoms with Crippen LogP contribution in [0.3, 0.4) is 0 Å². The number of hydrogen-bond acceptors (Lipinski definition) is 5. The number of benzene rings is 2. The summed E-state index contributed by atoms with van der Waals surface area (Å²) in [7, 11) is 0. The normalized spacial score (nSPS) is 11.4. The maximum absolute atomic E-state index is 11.9. The Labute approximate surface area is 130 Å². The Morgan fingerprint density at radius 2 is 1.96 bits per heavy atom. The molecule has 3 rings (SSSR count). The zero-order valence-electron chi connectivity index (χ0n) is 12.0. The van der Waals surface area contributed by atoms with Crippen molar-refractivity contribution < 1.29 is 18.7 Å². The number of hydrogen-bond donors (Lipinski definition) is 1. The molecule has 0 spiro atoms. The Kier molecular flexibility index (Phi) is 3.88. The second-order valence-corrected chi connectivity index (χ2v) is 4.59. The Morgan fingerprint density at radius 3 is 2.74 bits per heavy atom. The maximum Gasteiger partial charge on any atom is 0.342 e. The van der Waals surface area contributed by atoms with Gasteiger partial charge in [0, 0.05) is 10.8 Å². The van der Waals surface area contributed by atoms with E-state index in [0.29, 0.717) is 39.3 Å².